The van der Waals surface area contributed by atoms with Crippen molar-refractivity contribution in [1.82, 2.24) is 9.97 Å². The van der Waals surface area contributed by atoms with Crippen LogP contribution in [0.5, 0.6) is 23.0 Å². The van der Waals surface area contributed by atoms with Gasteiger partial charge in [-0.25, -0.2) is 9.97 Å². The van der Waals surface area contributed by atoms with Gasteiger partial charge in [0.1, 0.15) is 36.9 Å². The van der Waals surface area contributed by atoms with E-state index >= 15 is 0 Å². The minimum Gasteiger partial charge on any atom is -0.496 e. The fourth-order valence-corrected chi connectivity index (χ4v) is 4.01. The van der Waals surface area contributed by atoms with Gasteiger partial charge in [0.2, 0.25) is 0 Å². The van der Waals surface area contributed by atoms with Gasteiger partial charge in [-0.3, -0.25) is 4.79 Å². The SMILES string of the molecule is COc1cc2c(c(C)c1CCNc1cc(-c3ccc(CC(=O)O)c(OC(F)F)c3)ncn1)OCCO2. The van der Waals surface area contributed by atoms with Gasteiger partial charge in [0.25, 0.3) is 0 Å². The van der Waals surface area contributed by atoms with Gasteiger partial charge in [-0.2, -0.15) is 8.78 Å². The minimum atomic E-state index is -3.09. The maximum absolute atomic E-state index is 12.9. The fraction of sp³-hybridized carbons (Fsp3) is 0.320. The predicted octanol–water partition coefficient (Wildman–Crippen LogP) is 4.11. The van der Waals surface area contributed by atoms with Crippen molar-refractivity contribution in [2.24, 2.45) is 0 Å². The second kappa shape index (κ2) is 11.1. The Morgan fingerprint density at radius 2 is 1.97 bits per heavy atom. The van der Waals surface area contributed by atoms with Crippen molar-refractivity contribution in [3.05, 3.63) is 53.3 Å². The summed E-state index contributed by atoms with van der Waals surface area (Å²) in [6, 6.07) is 7.89. The second-order valence-electron chi connectivity index (χ2n) is 7.94. The molecule has 2 aromatic carbocycles. The largest absolute Gasteiger partial charge is 0.496 e. The van der Waals surface area contributed by atoms with Crippen LogP contribution in [-0.4, -0.2) is 54.5 Å². The molecule has 0 unspecified atom stereocenters. The van der Waals surface area contributed by atoms with Crippen LogP contribution in [0.2, 0.25) is 0 Å². The molecule has 0 fully saturated rings. The molecule has 0 bridgehead atoms. The number of nitrogens with one attached hydrogen (secondary N) is 1. The number of benzene rings is 2. The summed E-state index contributed by atoms with van der Waals surface area (Å²) in [5.74, 6) is 1.25. The molecular formula is C25H25F2N3O6. The van der Waals surface area contributed by atoms with Gasteiger partial charge < -0.3 is 29.4 Å². The Bertz CT molecular complexity index is 1250. The molecule has 0 atom stereocenters. The molecule has 0 amide bonds. The normalized spacial score (nSPS) is 12.4. The molecule has 0 spiro atoms. The number of rotatable bonds is 10. The van der Waals surface area contributed by atoms with Crippen molar-refractivity contribution in [2.45, 2.75) is 26.4 Å². The van der Waals surface area contributed by atoms with Gasteiger partial charge in [0, 0.05) is 40.9 Å². The van der Waals surface area contributed by atoms with Crippen LogP contribution in [0.4, 0.5) is 14.6 Å². The molecule has 2 heterocycles. The molecule has 0 radical (unpaired) electrons. The lowest BCUT2D eigenvalue weighted by atomic mass is 10.0. The summed E-state index contributed by atoms with van der Waals surface area (Å²) in [5, 5.41) is 12.3. The minimum absolute atomic E-state index is 0.141. The fourth-order valence-electron chi connectivity index (χ4n) is 4.01. The molecule has 0 aliphatic carbocycles. The van der Waals surface area contributed by atoms with Crippen molar-refractivity contribution in [3.63, 3.8) is 0 Å². The summed E-state index contributed by atoms with van der Waals surface area (Å²) in [5.41, 5.74) is 3.01. The second-order valence-corrected chi connectivity index (χ2v) is 7.94. The molecule has 11 heteroatoms. The lowest BCUT2D eigenvalue weighted by Gasteiger charge is -2.23. The third-order valence-electron chi connectivity index (χ3n) is 5.65. The zero-order chi connectivity index (χ0) is 25.7. The van der Waals surface area contributed by atoms with Gasteiger partial charge in [0.15, 0.2) is 11.5 Å². The number of halogens is 2. The van der Waals surface area contributed by atoms with E-state index in [2.05, 4.69) is 20.0 Å². The highest BCUT2D eigenvalue weighted by molar-refractivity contribution is 5.73. The van der Waals surface area contributed by atoms with E-state index in [4.69, 9.17) is 19.3 Å². The summed E-state index contributed by atoms with van der Waals surface area (Å²) >= 11 is 0. The molecule has 36 heavy (non-hydrogen) atoms. The smallest absolute Gasteiger partial charge is 0.387 e. The van der Waals surface area contributed by atoms with Crippen molar-refractivity contribution in [1.29, 1.82) is 0 Å². The lowest BCUT2D eigenvalue weighted by Crippen LogP contribution is -2.17. The quantitative estimate of drug-likeness (QED) is 0.424. The van der Waals surface area contributed by atoms with Gasteiger partial charge in [-0.05, 0) is 19.4 Å². The molecule has 4 rings (SSSR count). The lowest BCUT2D eigenvalue weighted by molar-refractivity contribution is -0.136. The Morgan fingerprint density at radius 3 is 2.72 bits per heavy atom. The van der Waals surface area contributed by atoms with E-state index < -0.39 is 19.0 Å². The van der Waals surface area contributed by atoms with Crippen LogP contribution in [-0.2, 0) is 17.6 Å². The number of carbonyl (C=O) groups is 1. The number of methoxy groups -OCH3 is 1. The standard InChI is InChI=1S/C25H25F2N3O6/c1-14-17(20(33-2)12-21-24(14)35-8-7-34-21)5-6-28-22-11-18(29-13-30-22)15-3-4-16(10-23(31)32)19(9-15)36-25(26)27/h3-4,9,11-13,25H,5-8,10H2,1-2H3,(H,31,32)(H,28,29,30). The molecule has 190 valence electrons. The molecular weight excluding hydrogens is 476 g/mol. The van der Waals surface area contributed by atoms with Gasteiger partial charge in [-0.1, -0.05) is 12.1 Å². The number of anilines is 1. The Morgan fingerprint density at radius 1 is 1.17 bits per heavy atom. The number of ether oxygens (including phenoxy) is 4. The highest BCUT2D eigenvalue weighted by Gasteiger charge is 2.21. The first-order valence-corrected chi connectivity index (χ1v) is 11.2. The average Bonchev–Trinajstić information content (AvgIpc) is 2.86. The van der Waals surface area contributed by atoms with Crippen LogP contribution < -0.4 is 24.3 Å². The van der Waals surface area contributed by atoms with Crippen molar-refractivity contribution >= 4 is 11.8 Å². The molecule has 3 aromatic rings. The number of carboxylic acids is 1. The molecule has 1 aliphatic heterocycles. The van der Waals surface area contributed by atoms with E-state index in [-0.39, 0.29) is 11.3 Å². The first kappa shape index (κ1) is 25.0. The molecule has 9 nitrogen and oxygen atoms in total. The molecule has 0 saturated heterocycles. The van der Waals surface area contributed by atoms with E-state index in [1.807, 2.05) is 13.0 Å². The summed E-state index contributed by atoms with van der Waals surface area (Å²) in [7, 11) is 1.60. The maximum Gasteiger partial charge on any atom is 0.387 e. The Labute approximate surface area is 206 Å². The van der Waals surface area contributed by atoms with Crippen LogP contribution in [0.15, 0.2) is 36.7 Å². The number of nitrogens with zero attached hydrogens (tertiary/aromatic N) is 2. The summed E-state index contributed by atoms with van der Waals surface area (Å²) < 4.78 is 47.3. The van der Waals surface area contributed by atoms with Gasteiger partial charge in [0.05, 0.1) is 19.2 Å². The zero-order valence-corrected chi connectivity index (χ0v) is 19.7. The highest BCUT2D eigenvalue weighted by Crippen LogP contribution is 2.41. The first-order valence-electron chi connectivity index (χ1n) is 11.2. The maximum atomic E-state index is 12.9. The first-order chi connectivity index (χ1) is 17.4. The molecule has 1 aliphatic rings. The van der Waals surface area contributed by atoms with Crippen LogP contribution in [0.3, 0.4) is 0 Å². The van der Waals surface area contributed by atoms with Crippen LogP contribution >= 0.6 is 0 Å². The number of alkyl halides is 2. The summed E-state index contributed by atoms with van der Waals surface area (Å²) in [4.78, 5) is 19.5. The third-order valence-corrected chi connectivity index (χ3v) is 5.65. The van der Waals surface area contributed by atoms with E-state index in [1.54, 1.807) is 19.2 Å². The number of fused-ring (bicyclic) bond motifs is 1. The average molecular weight is 501 g/mol. The number of carboxylic acid groups (broad SMARTS) is 1. The van der Waals surface area contributed by atoms with E-state index in [0.717, 1.165) is 16.9 Å². The van der Waals surface area contributed by atoms with Crippen molar-refractivity contribution in [2.75, 3.05) is 32.2 Å². The Kier molecular flexibility index (Phi) is 7.67. The van der Waals surface area contributed by atoms with E-state index in [1.165, 1.54) is 18.5 Å². The summed E-state index contributed by atoms with van der Waals surface area (Å²) in [6.45, 7) is 0.371. The van der Waals surface area contributed by atoms with Crippen LogP contribution in [0, 0.1) is 6.92 Å². The Balaban J connectivity index is 1.50. The molecule has 2 N–H and O–H groups in total. The predicted molar refractivity (Wildman–Crippen MR) is 126 cm³/mol. The molecule has 0 saturated carbocycles. The number of hydrogen-bond acceptors (Lipinski definition) is 8. The van der Waals surface area contributed by atoms with Gasteiger partial charge in [-0.15, -0.1) is 0 Å². The Hall–Kier alpha value is -4.15. The van der Waals surface area contributed by atoms with Gasteiger partial charge >= 0.3 is 12.6 Å². The number of aromatic nitrogens is 2. The monoisotopic (exact) mass is 501 g/mol. The highest BCUT2D eigenvalue weighted by atomic mass is 19.3. The van der Waals surface area contributed by atoms with E-state index in [0.29, 0.717) is 54.8 Å². The summed E-state index contributed by atoms with van der Waals surface area (Å²) in [6.07, 6.45) is 1.52. The van der Waals surface area contributed by atoms with E-state index in [9.17, 15) is 13.6 Å². The molecule has 1 aromatic heterocycles. The number of hydrogen-bond donors (Lipinski definition) is 2. The zero-order valence-electron chi connectivity index (χ0n) is 19.7. The number of aliphatic carboxylic acids is 1. The van der Waals surface area contributed by atoms with Crippen molar-refractivity contribution < 1.29 is 37.6 Å². The van der Waals surface area contributed by atoms with Crippen LogP contribution in [0.1, 0.15) is 16.7 Å². The third kappa shape index (κ3) is 5.73. The van der Waals surface area contributed by atoms with Crippen molar-refractivity contribution in [3.8, 4) is 34.3 Å². The van der Waals surface area contributed by atoms with Crippen LogP contribution in [0.25, 0.3) is 11.3 Å². The topological polar surface area (TPSA) is 112 Å².